The summed E-state index contributed by atoms with van der Waals surface area (Å²) >= 11 is 0. The van der Waals surface area contributed by atoms with Gasteiger partial charge in [-0.25, -0.2) is 4.79 Å². The van der Waals surface area contributed by atoms with Gasteiger partial charge >= 0.3 is 5.63 Å². The highest BCUT2D eigenvalue weighted by Crippen LogP contribution is 2.50. The van der Waals surface area contributed by atoms with Crippen LogP contribution in [0.1, 0.15) is 30.5 Å². The molecule has 0 amide bonds. The largest absolute Gasteiger partial charge is 0.496 e. The zero-order valence-electron chi connectivity index (χ0n) is 20.8. The number of rotatable bonds is 4. The maximum absolute atomic E-state index is 12.2. The third kappa shape index (κ3) is 3.33. The number of aryl methyl sites for hydroxylation is 1. The third-order valence-electron chi connectivity index (χ3n) is 7.35. The number of para-hydroxylation sites is 1. The molecule has 0 saturated carbocycles. The fourth-order valence-electron chi connectivity index (χ4n) is 5.50. The zero-order valence-corrected chi connectivity index (χ0v) is 20.8. The molecule has 0 aliphatic heterocycles. The van der Waals surface area contributed by atoms with Gasteiger partial charge in [-0.3, -0.25) is 0 Å². The highest BCUT2D eigenvalue weighted by Gasteiger charge is 2.35. The zero-order chi connectivity index (χ0) is 25.0. The molecular formula is C32H27NO3. The predicted octanol–water partition coefficient (Wildman–Crippen LogP) is 7.89. The molecule has 0 spiro atoms. The first-order valence-corrected chi connectivity index (χ1v) is 12.1. The summed E-state index contributed by atoms with van der Waals surface area (Å²) in [4.78, 5) is 14.4. The van der Waals surface area contributed by atoms with Crippen LogP contribution in [0.15, 0.2) is 100 Å². The van der Waals surface area contributed by atoms with E-state index in [2.05, 4.69) is 80.3 Å². The van der Waals surface area contributed by atoms with Crippen molar-refractivity contribution in [2.24, 2.45) is 0 Å². The first-order valence-electron chi connectivity index (χ1n) is 12.1. The van der Waals surface area contributed by atoms with E-state index in [0.717, 1.165) is 28.0 Å². The van der Waals surface area contributed by atoms with Crippen LogP contribution in [0.4, 0.5) is 17.1 Å². The second kappa shape index (κ2) is 8.13. The molecule has 1 aromatic heterocycles. The van der Waals surface area contributed by atoms with E-state index in [0.29, 0.717) is 11.3 Å². The predicted molar refractivity (Wildman–Crippen MR) is 146 cm³/mol. The lowest BCUT2D eigenvalue weighted by atomic mass is 9.82. The van der Waals surface area contributed by atoms with Gasteiger partial charge in [-0.15, -0.1) is 0 Å². The first kappa shape index (κ1) is 22.2. The van der Waals surface area contributed by atoms with Gasteiger partial charge in [0.15, 0.2) is 0 Å². The Balaban J connectivity index is 1.58. The number of fused-ring (bicyclic) bond motifs is 4. The number of ether oxygens (including phenoxy) is 1. The van der Waals surface area contributed by atoms with Gasteiger partial charge < -0.3 is 14.1 Å². The molecule has 6 rings (SSSR count). The van der Waals surface area contributed by atoms with Gasteiger partial charge in [0.05, 0.1) is 18.6 Å². The van der Waals surface area contributed by atoms with Gasteiger partial charge in [0.1, 0.15) is 11.3 Å². The second-order valence-corrected chi connectivity index (χ2v) is 9.84. The van der Waals surface area contributed by atoms with E-state index in [9.17, 15) is 4.79 Å². The van der Waals surface area contributed by atoms with Crippen molar-refractivity contribution in [1.82, 2.24) is 0 Å². The molecule has 0 radical (unpaired) electrons. The van der Waals surface area contributed by atoms with Crippen LogP contribution in [0.2, 0.25) is 0 Å². The minimum Gasteiger partial charge on any atom is -0.496 e. The number of hydrogen-bond acceptors (Lipinski definition) is 4. The van der Waals surface area contributed by atoms with Crippen LogP contribution in [0.5, 0.6) is 5.75 Å². The van der Waals surface area contributed by atoms with Crippen molar-refractivity contribution in [2.45, 2.75) is 26.2 Å². The van der Waals surface area contributed by atoms with Crippen LogP contribution in [-0.4, -0.2) is 7.11 Å². The molecule has 4 nitrogen and oxygen atoms in total. The van der Waals surface area contributed by atoms with Crippen molar-refractivity contribution in [3.63, 3.8) is 0 Å². The van der Waals surface area contributed by atoms with Crippen LogP contribution in [0.25, 0.3) is 22.1 Å². The molecule has 4 aromatic carbocycles. The maximum Gasteiger partial charge on any atom is 0.339 e. The third-order valence-corrected chi connectivity index (χ3v) is 7.35. The van der Waals surface area contributed by atoms with Gasteiger partial charge in [0.25, 0.3) is 0 Å². The van der Waals surface area contributed by atoms with Crippen LogP contribution in [0.3, 0.4) is 0 Å². The smallest absolute Gasteiger partial charge is 0.339 e. The van der Waals surface area contributed by atoms with Crippen molar-refractivity contribution in [2.75, 3.05) is 12.0 Å². The Morgan fingerprint density at radius 2 is 1.47 bits per heavy atom. The highest BCUT2D eigenvalue weighted by molar-refractivity contribution is 5.91. The van der Waals surface area contributed by atoms with Crippen molar-refractivity contribution in [3.8, 4) is 16.9 Å². The van der Waals surface area contributed by atoms with E-state index in [4.69, 9.17) is 9.15 Å². The van der Waals surface area contributed by atoms with E-state index < -0.39 is 5.63 Å². The average Bonchev–Trinajstić information content (AvgIpc) is 3.11. The summed E-state index contributed by atoms with van der Waals surface area (Å²) in [6.07, 6.45) is 0. The van der Waals surface area contributed by atoms with E-state index in [1.54, 1.807) is 7.11 Å². The highest BCUT2D eigenvalue weighted by atomic mass is 16.5. The van der Waals surface area contributed by atoms with Crippen molar-refractivity contribution >= 4 is 28.0 Å². The molecular weight excluding hydrogens is 446 g/mol. The minimum atomic E-state index is -0.434. The molecule has 0 atom stereocenters. The summed E-state index contributed by atoms with van der Waals surface area (Å²) in [5, 5.41) is 0.760. The monoisotopic (exact) mass is 473 g/mol. The lowest BCUT2D eigenvalue weighted by Gasteiger charge is -2.29. The summed E-state index contributed by atoms with van der Waals surface area (Å²) in [6.45, 7) is 6.69. The molecule has 1 heterocycles. The first-order chi connectivity index (χ1) is 17.4. The maximum atomic E-state index is 12.2. The fourth-order valence-corrected chi connectivity index (χ4v) is 5.50. The Morgan fingerprint density at radius 1 is 0.778 bits per heavy atom. The minimum absolute atomic E-state index is 0.108. The summed E-state index contributed by atoms with van der Waals surface area (Å²) in [5.41, 5.74) is 9.33. The van der Waals surface area contributed by atoms with E-state index in [1.807, 2.05) is 30.3 Å². The van der Waals surface area contributed by atoms with Gasteiger partial charge in [-0.05, 0) is 65.1 Å². The Morgan fingerprint density at radius 3 is 2.28 bits per heavy atom. The van der Waals surface area contributed by atoms with Crippen LogP contribution in [-0.2, 0) is 5.41 Å². The molecule has 4 heteroatoms. The molecule has 0 saturated heterocycles. The van der Waals surface area contributed by atoms with Gasteiger partial charge in [0.2, 0.25) is 0 Å². The number of nitrogens with zero attached hydrogens (tertiary/aromatic N) is 1. The Kier molecular flexibility index (Phi) is 5.01. The molecule has 5 aromatic rings. The summed E-state index contributed by atoms with van der Waals surface area (Å²) in [7, 11) is 1.56. The van der Waals surface area contributed by atoms with Crippen molar-refractivity contribution < 1.29 is 9.15 Å². The number of hydrogen-bond donors (Lipinski definition) is 0. The fraction of sp³-hybridized carbons (Fsp3) is 0.156. The van der Waals surface area contributed by atoms with E-state index in [-0.39, 0.29) is 5.41 Å². The lowest BCUT2D eigenvalue weighted by Crippen LogP contribution is -2.17. The van der Waals surface area contributed by atoms with E-state index >= 15 is 0 Å². The average molecular weight is 474 g/mol. The normalized spacial score (nSPS) is 13.3. The lowest BCUT2D eigenvalue weighted by molar-refractivity contribution is 0.413. The Labute approximate surface area is 210 Å². The Hall–Kier alpha value is -4.31. The molecule has 178 valence electrons. The number of methoxy groups -OCH3 is 1. The van der Waals surface area contributed by atoms with Crippen molar-refractivity contribution in [1.29, 1.82) is 0 Å². The van der Waals surface area contributed by atoms with Gasteiger partial charge in [0, 0.05) is 28.5 Å². The summed E-state index contributed by atoms with van der Waals surface area (Å²) in [5.74, 6) is 0.507. The van der Waals surface area contributed by atoms with Gasteiger partial charge in [-0.1, -0.05) is 62.4 Å². The van der Waals surface area contributed by atoms with Crippen LogP contribution < -0.4 is 15.3 Å². The Bertz CT molecular complexity index is 1700. The van der Waals surface area contributed by atoms with Gasteiger partial charge in [-0.2, -0.15) is 0 Å². The molecule has 36 heavy (non-hydrogen) atoms. The number of benzene rings is 4. The molecule has 1 aliphatic rings. The molecule has 0 fully saturated rings. The SMILES string of the molecule is COc1cc(=O)oc2cc(N(c3ccc4c(c3)C(C)(C)c3ccccc3-4)c3ccccc3C)ccc12. The van der Waals surface area contributed by atoms with Crippen LogP contribution >= 0.6 is 0 Å². The van der Waals surface area contributed by atoms with Crippen molar-refractivity contribution in [3.05, 3.63) is 118 Å². The van der Waals surface area contributed by atoms with E-state index in [1.165, 1.54) is 28.3 Å². The summed E-state index contributed by atoms with van der Waals surface area (Å²) in [6, 6.07) is 31.0. The number of anilines is 3. The topological polar surface area (TPSA) is 42.7 Å². The second-order valence-electron chi connectivity index (χ2n) is 9.84. The molecule has 0 unspecified atom stereocenters. The molecule has 0 bridgehead atoms. The van der Waals surface area contributed by atoms with Crippen LogP contribution in [0, 0.1) is 6.92 Å². The molecule has 1 aliphatic carbocycles. The standard InChI is InChI=1S/C32H27NO3/c1-20-9-5-8-12-28(20)33(22-14-16-25-29(35-4)19-31(34)36-30(25)18-22)21-13-15-24-23-10-6-7-11-26(23)32(2,3)27(24)17-21/h5-19H,1-4H3. The molecule has 0 N–H and O–H groups in total. The quantitative estimate of drug-likeness (QED) is 0.249. The summed E-state index contributed by atoms with van der Waals surface area (Å²) < 4.78 is 11.0.